The first-order valence-corrected chi connectivity index (χ1v) is 10.1. The number of rotatable bonds is 5. The van der Waals surface area contributed by atoms with Gasteiger partial charge in [0.25, 0.3) is 11.8 Å². The normalized spacial score (nSPS) is 13.9. The van der Waals surface area contributed by atoms with Crippen molar-refractivity contribution in [3.63, 3.8) is 0 Å². The van der Waals surface area contributed by atoms with Crippen molar-refractivity contribution in [1.29, 1.82) is 0 Å². The minimum atomic E-state index is -0.476. The molecule has 0 spiro atoms. The van der Waals surface area contributed by atoms with E-state index < -0.39 is 17.6 Å². The Morgan fingerprint density at radius 2 is 1.63 bits per heavy atom. The predicted octanol–water partition coefficient (Wildman–Crippen LogP) is 5.56. The number of hydrogen-bond acceptors (Lipinski definition) is 4. The van der Waals surface area contributed by atoms with Crippen molar-refractivity contribution in [2.45, 2.75) is 4.90 Å². The average Bonchev–Trinajstić information content (AvgIpc) is 3.00. The van der Waals surface area contributed by atoms with Gasteiger partial charge in [0.05, 0.1) is 23.3 Å². The lowest BCUT2D eigenvalue weighted by atomic mass is 10.1. The Morgan fingerprint density at radius 3 is 2.30 bits per heavy atom. The maximum absolute atomic E-state index is 13.4. The monoisotopic (exact) mass is 439 g/mol. The zero-order chi connectivity index (χ0) is 21.3. The number of nitrogens with zero attached hydrogens (tertiary/aromatic N) is 1. The number of carbonyl (C=O) groups is 2. The van der Waals surface area contributed by atoms with Gasteiger partial charge in [-0.05, 0) is 54.1 Å². The first-order chi connectivity index (χ1) is 14.5. The van der Waals surface area contributed by atoms with Crippen LogP contribution in [0.2, 0.25) is 5.02 Å². The molecule has 150 valence electrons. The number of amides is 2. The molecule has 4 nitrogen and oxygen atoms in total. The van der Waals surface area contributed by atoms with Gasteiger partial charge in [-0.15, -0.1) is 0 Å². The number of benzene rings is 3. The van der Waals surface area contributed by atoms with Crippen molar-refractivity contribution in [2.75, 3.05) is 12.0 Å². The van der Waals surface area contributed by atoms with Gasteiger partial charge in [0.15, 0.2) is 0 Å². The van der Waals surface area contributed by atoms with Gasteiger partial charge in [-0.3, -0.25) is 9.59 Å². The minimum Gasteiger partial charge on any atom is -0.497 e. The molecule has 0 unspecified atom stereocenters. The van der Waals surface area contributed by atoms with E-state index in [1.165, 1.54) is 43.1 Å². The van der Waals surface area contributed by atoms with Crippen LogP contribution in [0.5, 0.6) is 5.75 Å². The third kappa shape index (κ3) is 3.84. The van der Waals surface area contributed by atoms with Crippen molar-refractivity contribution in [3.05, 3.63) is 94.1 Å². The van der Waals surface area contributed by atoms with Gasteiger partial charge in [0, 0.05) is 16.0 Å². The van der Waals surface area contributed by atoms with Crippen LogP contribution in [0.25, 0.3) is 5.57 Å². The average molecular weight is 440 g/mol. The number of methoxy groups -OCH3 is 1. The molecule has 2 amide bonds. The molecule has 0 radical (unpaired) electrons. The van der Waals surface area contributed by atoms with Crippen LogP contribution in [-0.4, -0.2) is 18.9 Å². The molecule has 0 aliphatic carbocycles. The molecular formula is C23H15ClFNO3S. The summed E-state index contributed by atoms with van der Waals surface area (Å²) in [6.45, 7) is 0. The zero-order valence-electron chi connectivity index (χ0n) is 15.8. The Kier molecular flexibility index (Phi) is 5.61. The van der Waals surface area contributed by atoms with Crippen LogP contribution in [0.15, 0.2) is 82.6 Å². The number of ether oxygens (including phenoxy) is 1. The van der Waals surface area contributed by atoms with Gasteiger partial charge in [0.1, 0.15) is 11.6 Å². The molecule has 4 rings (SSSR count). The Morgan fingerprint density at radius 1 is 0.933 bits per heavy atom. The molecule has 0 fully saturated rings. The fourth-order valence-corrected chi connectivity index (χ4v) is 4.20. The van der Waals surface area contributed by atoms with E-state index in [0.29, 0.717) is 22.0 Å². The maximum atomic E-state index is 13.4. The van der Waals surface area contributed by atoms with Gasteiger partial charge in [0.2, 0.25) is 0 Å². The van der Waals surface area contributed by atoms with Crippen LogP contribution in [0.4, 0.5) is 10.1 Å². The molecule has 0 saturated heterocycles. The van der Waals surface area contributed by atoms with Crippen molar-refractivity contribution in [3.8, 4) is 5.75 Å². The second-order valence-corrected chi connectivity index (χ2v) is 7.93. The predicted molar refractivity (Wildman–Crippen MR) is 116 cm³/mol. The smallest absolute Gasteiger partial charge is 0.272 e. The third-order valence-electron chi connectivity index (χ3n) is 4.52. The SMILES string of the molecule is COc1cccc(N2C(=O)C(Sc3ccc(Cl)cc3)=C(c3ccc(F)cc3)C2=O)c1. The van der Waals surface area contributed by atoms with Crippen LogP contribution in [-0.2, 0) is 9.59 Å². The van der Waals surface area contributed by atoms with Gasteiger partial charge < -0.3 is 4.74 Å². The van der Waals surface area contributed by atoms with E-state index in [-0.39, 0.29) is 10.5 Å². The molecule has 0 atom stereocenters. The van der Waals surface area contributed by atoms with Gasteiger partial charge in [-0.25, -0.2) is 9.29 Å². The number of halogens is 2. The fourth-order valence-electron chi connectivity index (χ4n) is 3.08. The van der Waals surface area contributed by atoms with Crippen LogP contribution in [0, 0.1) is 5.82 Å². The number of hydrogen-bond donors (Lipinski definition) is 0. The molecule has 0 saturated carbocycles. The van der Waals surface area contributed by atoms with Gasteiger partial charge >= 0.3 is 0 Å². The van der Waals surface area contributed by atoms with Crippen LogP contribution in [0.1, 0.15) is 5.56 Å². The topological polar surface area (TPSA) is 46.6 Å². The molecule has 3 aromatic carbocycles. The summed E-state index contributed by atoms with van der Waals surface area (Å²) in [5.74, 6) is -0.827. The summed E-state index contributed by atoms with van der Waals surface area (Å²) in [6, 6.07) is 19.2. The number of carbonyl (C=O) groups excluding carboxylic acids is 2. The Bertz CT molecular complexity index is 1160. The first-order valence-electron chi connectivity index (χ1n) is 8.94. The molecule has 7 heteroatoms. The van der Waals surface area contributed by atoms with E-state index in [2.05, 4.69) is 0 Å². The molecule has 0 bridgehead atoms. The van der Waals surface area contributed by atoms with E-state index in [1.54, 1.807) is 48.5 Å². The Balaban J connectivity index is 1.81. The molecule has 0 N–H and O–H groups in total. The number of thioether (sulfide) groups is 1. The van der Waals surface area contributed by atoms with Gasteiger partial charge in [-0.2, -0.15) is 0 Å². The Labute approximate surface area is 181 Å². The molecular weight excluding hydrogens is 425 g/mol. The summed E-state index contributed by atoms with van der Waals surface area (Å²) < 4.78 is 18.7. The summed E-state index contributed by atoms with van der Waals surface area (Å²) in [6.07, 6.45) is 0. The van der Waals surface area contributed by atoms with E-state index in [9.17, 15) is 14.0 Å². The summed E-state index contributed by atoms with van der Waals surface area (Å²) >= 11 is 7.12. The van der Waals surface area contributed by atoms with Gasteiger partial charge in [-0.1, -0.05) is 41.6 Å². The largest absolute Gasteiger partial charge is 0.497 e. The van der Waals surface area contributed by atoms with E-state index >= 15 is 0 Å². The van der Waals surface area contributed by atoms with Crippen molar-refractivity contribution < 1.29 is 18.7 Å². The van der Waals surface area contributed by atoms with Crippen molar-refractivity contribution in [2.24, 2.45) is 0 Å². The highest BCUT2D eigenvalue weighted by atomic mass is 35.5. The fraction of sp³-hybridized carbons (Fsp3) is 0.0435. The summed E-state index contributed by atoms with van der Waals surface area (Å²) in [5, 5.41) is 0.568. The highest BCUT2D eigenvalue weighted by Crippen LogP contribution is 2.42. The van der Waals surface area contributed by atoms with E-state index in [1.807, 2.05) is 0 Å². The molecule has 3 aromatic rings. The minimum absolute atomic E-state index is 0.225. The van der Waals surface area contributed by atoms with Crippen molar-refractivity contribution in [1.82, 2.24) is 0 Å². The third-order valence-corrected chi connectivity index (χ3v) is 5.86. The molecule has 1 aliphatic heterocycles. The van der Waals surface area contributed by atoms with E-state index in [0.717, 1.165) is 9.80 Å². The summed E-state index contributed by atoms with van der Waals surface area (Å²) in [4.78, 5) is 28.8. The first kappa shape index (κ1) is 20.2. The van der Waals surface area contributed by atoms with Crippen LogP contribution < -0.4 is 9.64 Å². The highest BCUT2D eigenvalue weighted by molar-refractivity contribution is 8.04. The van der Waals surface area contributed by atoms with Crippen LogP contribution >= 0.6 is 23.4 Å². The number of anilines is 1. The lowest BCUT2D eigenvalue weighted by Crippen LogP contribution is -2.31. The van der Waals surface area contributed by atoms with Crippen LogP contribution in [0.3, 0.4) is 0 Å². The molecule has 30 heavy (non-hydrogen) atoms. The maximum Gasteiger partial charge on any atom is 0.272 e. The lowest BCUT2D eigenvalue weighted by Gasteiger charge is -2.16. The lowest BCUT2D eigenvalue weighted by molar-refractivity contribution is -0.119. The second kappa shape index (κ2) is 8.34. The highest BCUT2D eigenvalue weighted by Gasteiger charge is 2.40. The quantitative estimate of drug-likeness (QED) is 0.488. The summed E-state index contributed by atoms with van der Waals surface area (Å²) in [5.41, 5.74) is 1.09. The Hall–Kier alpha value is -3.09. The van der Waals surface area contributed by atoms with E-state index in [4.69, 9.17) is 16.3 Å². The standard InChI is InChI=1S/C23H15ClFNO3S/c1-29-18-4-2-3-17(13-18)26-22(27)20(14-5-9-16(25)10-6-14)21(23(26)28)30-19-11-7-15(24)8-12-19/h2-13H,1H3. The number of imide groups is 1. The van der Waals surface area contributed by atoms with Crippen molar-refractivity contribution >= 4 is 46.4 Å². The molecule has 1 heterocycles. The summed E-state index contributed by atoms with van der Waals surface area (Å²) in [7, 11) is 1.51. The molecule has 1 aliphatic rings. The molecule has 0 aromatic heterocycles. The second-order valence-electron chi connectivity index (χ2n) is 6.41. The zero-order valence-corrected chi connectivity index (χ0v) is 17.3.